The zero-order chi connectivity index (χ0) is 16.4. The highest BCUT2D eigenvalue weighted by Gasteiger charge is 2.20. The van der Waals surface area contributed by atoms with Gasteiger partial charge in [-0.15, -0.1) is 11.3 Å². The topological polar surface area (TPSA) is 74.2 Å². The van der Waals surface area contributed by atoms with Crippen LogP contribution in [0.1, 0.15) is 50.5 Å². The van der Waals surface area contributed by atoms with Crippen molar-refractivity contribution >= 4 is 33.3 Å². The zero-order valence-electron chi connectivity index (χ0n) is 13.5. The summed E-state index contributed by atoms with van der Waals surface area (Å²) in [5.74, 6) is 0.411. The van der Waals surface area contributed by atoms with Crippen LogP contribution in [0.5, 0.6) is 0 Å². The Morgan fingerprint density at radius 1 is 1.30 bits per heavy atom. The van der Waals surface area contributed by atoms with Gasteiger partial charge in [0.25, 0.3) is 0 Å². The Balaban J connectivity index is 1.62. The lowest BCUT2D eigenvalue weighted by Crippen LogP contribution is -2.40. The van der Waals surface area contributed by atoms with E-state index < -0.39 is 0 Å². The first-order valence-corrected chi connectivity index (χ1v) is 8.99. The highest BCUT2D eigenvalue weighted by Crippen LogP contribution is 2.29. The summed E-state index contributed by atoms with van der Waals surface area (Å²) in [4.78, 5) is 16.7. The van der Waals surface area contributed by atoms with Crippen molar-refractivity contribution in [2.24, 2.45) is 0 Å². The Hall–Kier alpha value is -1.66. The molecule has 2 aromatic rings. The number of hydrogen-bond acceptors (Lipinski definition) is 4. The minimum Gasteiger partial charge on any atom is -0.393 e. The van der Waals surface area contributed by atoms with Gasteiger partial charge in [0.1, 0.15) is 0 Å². The molecule has 5 nitrogen and oxygen atoms in total. The molecule has 0 spiro atoms. The Morgan fingerprint density at radius 3 is 2.74 bits per heavy atom. The predicted molar refractivity (Wildman–Crippen MR) is 94.1 cm³/mol. The van der Waals surface area contributed by atoms with Crippen LogP contribution in [-0.2, 0) is 0 Å². The Kier molecular flexibility index (Phi) is 4.82. The molecule has 0 atom stereocenters. The summed E-state index contributed by atoms with van der Waals surface area (Å²) in [5.41, 5.74) is 1.76. The standard InChI is InChI=1S/C17H23N3O2S/c1-10(2)16-20-14-8-5-12(9-15(14)23-16)19-17(22)18-11-3-6-13(21)7-4-11/h5,8-11,13,21H,3-4,6-7H2,1-2H3,(H2,18,19,22). The van der Waals surface area contributed by atoms with E-state index in [1.165, 1.54) is 0 Å². The monoisotopic (exact) mass is 333 g/mol. The molecule has 1 aromatic heterocycles. The van der Waals surface area contributed by atoms with Crippen LogP contribution in [0, 0.1) is 0 Å². The summed E-state index contributed by atoms with van der Waals surface area (Å²) in [6.07, 6.45) is 2.98. The van der Waals surface area contributed by atoms with E-state index in [9.17, 15) is 9.90 Å². The van der Waals surface area contributed by atoms with Crippen molar-refractivity contribution in [3.8, 4) is 0 Å². The molecule has 1 aliphatic carbocycles. The maximum Gasteiger partial charge on any atom is 0.319 e. The number of nitrogens with zero attached hydrogens (tertiary/aromatic N) is 1. The van der Waals surface area contributed by atoms with Gasteiger partial charge in [-0.25, -0.2) is 9.78 Å². The van der Waals surface area contributed by atoms with Crippen molar-refractivity contribution in [3.05, 3.63) is 23.2 Å². The van der Waals surface area contributed by atoms with Crippen molar-refractivity contribution in [3.63, 3.8) is 0 Å². The minimum atomic E-state index is -0.208. The van der Waals surface area contributed by atoms with Crippen molar-refractivity contribution in [1.29, 1.82) is 0 Å². The van der Waals surface area contributed by atoms with E-state index in [1.807, 2.05) is 18.2 Å². The van der Waals surface area contributed by atoms with Gasteiger partial charge < -0.3 is 15.7 Å². The lowest BCUT2D eigenvalue weighted by atomic mass is 9.93. The van der Waals surface area contributed by atoms with E-state index in [0.29, 0.717) is 5.92 Å². The fraction of sp³-hybridized carbons (Fsp3) is 0.529. The molecule has 0 bridgehead atoms. The van der Waals surface area contributed by atoms with E-state index in [1.54, 1.807) is 11.3 Å². The van der Waals surface area contributed by atoms with Crippen molar-refractivity contribution < 1.29 is 9.90 Å². The first kappa shape index (κ1) is 16.2. The molecule has 1 fully saturated rings. The molecule has 23 heavy (non-hydrogen) atoms. The number of aliphatic hydroxyl groups excluding tert-OH is 1. The highest BCUT2D eigenvalue weighted by atomic mass is 32.1. The molecule has 2 amide bonds. The first-order valence-electron chi connectivity index (χ1n) is 8.17. The number of anilines is 1. The van der Waals surface area contributed by atoms with Gasteiger partial charge in [0.2, 0.25) is 0 Å². The van der Waals surface area contributed by atoms with Crippen LogP contribution in [-0.4, -0.2) is 28.3 Å². The molecule has 3 N–H and O–H groups in total. The zero-order valence-corrected chi connectivity index (χ0v) is 14.3. The van der Waals surface area contributed by atoms with E-state index in [0.717, 1.165) is 46.6 Å². The number of nitrogens with one attached hydrogen (secondary N) is 2. The Bertz CT molecular complexity index is 690. The summed E-state index contributed by atoms with van der Waals surface area (Å²) in [7, 11) is 0. The average Bonchev–Trinajstić information content (AvgIpc) is 2.93. The van der Waals surface area contributed by atoms with Gasteiger partial charge in [0.05, 0.1) is 21.3 Å². The van der Waals surface area contributed by atoms with Crippen LogP contribution in [0.25, 0.3) is 10.2 Å². The number of aliphatic hydroxyl groups is 1. The number of benzene rings is 1. The number of amides is 2. The number of urea groups is 1. The Labute approximate surface area is 140 Å². The highest BCUT2D eigenvalue weighted by molar-refractivity contribution is 7.18. The fourth-order valence-corrected chi connectivity index (χ4v) is 3.85. The van der Waals surface area contributed by atoms with E-state index >= 15 is 0 Å². The first-order chi connectivity index (χ1) is 11.0. The van der Waals surface area contributed by atoms with E-state index in [2.05, 4.69) is 29.5 Å². The third-order valence-electron chi connectivity index (χ3n) is 4.19. The van der Waals surface area contributed by atoms with Crippen LogP contribution >= 0.6 is 11.3 Å². The number of rotatable bonds is 3. The summed E-state index contributed by atoms with van der Waals surface area (Å²) < 4.78 is 1.09. The van der Waals surface area contributed by atoms with Crippen LogP contribution < -0.4 is 10.6 Å². The lowest BCUT2D eigenvalue weighted by molar-refractivity contribution is 0.118. The van der Waals surface area contributed by atoms with Gasteiger partial charge in [-0.05, 0) is 43.9 Å². The number of aromatic nitrogens is 1. The molecule has 1 aliphatic rings. The number of carbonyl (C=O) groups is 1. The lowest BCUT2D eigenvalue weighted by Gasteiger charge is -2.26. The summed E-state index contributed by atoms with van der Waals surface area (Å²) in [6.45, 7) is 4.26. The summed E-state index contributed by atoms with van der Waals surface area (Å²) >= 11 is 1.67. The van der Waals surface area contributed by atoms with Crippen molar-refractivity contribution in [2.45, 2.75) is 57.6 Å². The third-order valence-corrected chi connectivity index (χ3v) is 5.51. The third kappa shape index (κ3) is 4.00. The summed E-state index contributed by atoms with van der Waals surface area (Å²) in [5, 5.41) is 16.5. The maximum absolute atomic E-state index is 12.1. The second-order valence-electron chi connectivity index (χ2n) is 6.49. The molecule has 0 radical (unpaired) electrons. The van der Waals surface area contributed by atoms with E-state index in [-0.39, 0.29) is 18.2 Å². The largest absolute Gasteiger partial charge is 0.393 e. The molecule has 1 heterocycles. The molecule has 6 heteroatoms. The van der Waals surface area contributed by atoms with Crippen molar-refractivity contribution in [1.82, 2.24) is 10.3 Å². The Morgan fingerprint density at radius 2 is 2.04 bits per heavy atom. The number of hydrogen-bond donors (Lipinski definition) is 3. The number of thiazole rings is 1. The second kappa shape index (κ2) is 6.84. The van der Waals surface area contributed by atoms with Gasteiger partial charge in [-0.1, -0.05) is 13.8 Å². The molecular formula is C17H23N3O2S. The van der Waals surface area contributed by atoms with E-state index in [4.69, 9.17) is 0 Å². The molecule has 0 unspecified atom stereocenters. The second-order valence-corrected chi connectivity index (χ2v) is 7.56. The summed E-state index contributed by atoms with van der Waals surface area (Å²) in [6, 6.07) is 5.78. The van der Waals surface area contributed by atoms with Gasteiger partial charge in [-0.3, -0.25) is 0 Å². The van der Waals surface area contributed by atoms with Crippen LogP contribution in [0.2, 0.25) is 0 Å². The molecule has 3 rings (SSSR count). The van der Waals surface area contributed by atoms with Crippen LogP contribution in [0.4, 0.5) is 10.5 Å². The molecular weight excluding hydrogens is 310 g/mol. The maximum atomic E-state index is 12.1. The molecule has 124 valence electrons. The minimum absolute atomic E-state index is 0.151. The van der Waals surface area contributed by atoms with Crippen molar-refractivity contribution in [2.75, 3.05) is 5.32 Å². The fourth-order valence-electron chi connectivity index (χ4n) is 2.84. The predicted octanol–water partition coefficient (Wildman–Crippen LogP) is 3.84. The van der Waals surface area contributed by atoms with Crippen LogP contribution in [0.15, 0.2) is 18.2 Å². The molecule has 1 aromatic carbocycles. The molecule has 0 aliphatic heterocycles. The van der Waals surface area contributed by atoms with Gasteiger partial charge in [-0.2, -0.15) is 0 Å². The molecule has 0 saturated heterocycles. The van der Waals surface area contributed by atoms with Gasteiger partial charge >= 0.3 is 6.03 Å². The van der Waals surface area contributed by atoms with Crippen LogP contribution in [0.3, 0.4) is 0 Å². The van der Waals surface area contributed by atoms with Gasteiger partial charge in [0, 0.05) is 17.6 Å². The molecule has 1 saturated carbocycles. The quantitative estimate of drug-likeness (QED) is 0.799. The SMILES string of the molecule is CC(C)c1nc2ccc(NC(=O)NC3CCC(O)CC3)cc2s1. The normalized spacial score (nSPS) is 21.6. The number of fused-ring (bicyclic) bond motifs is 1. The van der Waals surface area contributed by atoms with Gasteiger partial charge in [0.15, 0.2) is 0 Å². The number of carbonyl (C=O) groups excluding carboxylic acids is 1. The smallest absolute Gasteiger partial charge is 0.319 e. The average molecular weight is 333 g/mol.